The predicted octanol–water partition coefficient (Wildman–Crippen LogP) is 1.71. The molecule has 1 aromatic rings. The van der Waals surface area contributed by atoms with Gasteiger partial charge in [-0.15, -0.1) is 0 Å². The lowest BCUT2D eigenvalue weighted by atomic mass is 10.3. The first-order valence-electron chi connectivity index (χ1n) is 5.43. The number of nitrogens with zero attached hydrogens (tertiary/aromatic N) is 3. The summed E-state index contributed by atoms with van der Waals surface area (Å²) >= 11 is 0. The van der Waals surface area contributed by atoms with Crippen molar-refractivity contribution in [3.05, 3.63) is 23.9 Å². The highest BCUT2D eigenvalue weighted by Gasteiger charge is 2.02. The SMILES string of the molecule is CC(C)N(C)CCNc1ccc(C#N)cn1. The molecule has 0 unspecified atom stereocenters. The van der Waals surface area contributed by atoms with Crippen molar-refractivity contribution in [1.82, 2.24) is 9.88 Å². The number of aromatic nitrogens is 1. The summed E-state index contributed by atoms with van der Waals surface area (Å²) in [5, 5.41) is 11.8. The van der Waals surface area contributed by atoms with Gasteiger partial charge >= 0.3 is 0 Å². The zero-order valence-electron chi connectivity index (χ0n) is 10.1. The van der Waals surface area contributed by atoms with Crippen LogP contribution in [0.25, 0.3) is 0 Å². The molecule has 0 radical (unpaired) electrons. The monoisotopic (exact) mass is 218 g/mol. The fourth-order valence-corrected chi connectivity index (χ4v) is 1.18. The van der Waals surface area contributed by atoms with E-state index in [2.05, 4.69) is 36.1 Å². The Hall–Kier alpha value is -1.60. The maximum Gasteiger partial charge on any atom is 0.126 e. The van der Waals surface area contributed by atoms with Crippen molar-refractivity contribution >= 4 is 5.82 Å². The van der Waals surface area contributed by atoms with Crippen LogP contribution in [0.15, 0.2) is 18.3 Å². The summed E-state index contributed by atoms with van der Waals surface area (Å²) in [6.45, 7) is 6.16. The highest BCUT2D eigenvalue weighted by Crippen LogP contribution is 2.03. The molecular formula is C12H18N4. The van der Waals surface area contributed by atoms with Crippen LogP contribution in [0.3, 0.4) is 0 Å². The standard InChI is InChI=1S/C12H18N4/c1-10(2)16(3)7-6-14-12-5-4-11(8-13)9-15-12/h4-5,9-10H,6-7H2,1-3H3,(H,14,15). The Morgan fingerprint density at radius 3 is 2.75 bits per heavy atom. The van der Waals surface area contributed by atoms with Gasteiger partial charge in [-0.05, 0) is 33.0 Å². The second-order valence-corrected chi connectivity index (χ2v) is 4.05. The Bertz CT molecular complexity index is 350. The molecule has 1 aromatic heterocycles. The third-order valence-electron chi connectivity index (χ3n) is 2.54. The molecule has 1 heterocycles. The normalized spacial score (nSPS) is 10.5. The fraction of sp³-hybridized carbons (Fsp3) is 0.500. The van der Waals surface area contributed by atoms with Crippen LogP contribution in [0.4, 0.5) is 5.82 Å². The minimum Gasteiger partial charge on any atom is -0.369 e. The smallest absolute Gasteiger partial charge is 0.126 e. The van der Waals surface area contributed by atoms with Gasteiger partial charge in [-0.1, -0.05) is 0 Å². The number of rotatable bonds is 5. The highest BCUT2D eigenvalue weighted by molar-refractivity contribution is 5.38. The van der Waals surface area contributed by atoms with Crippen LogP contribution in [-0.4, -0.2) is 36.1 Å². The molecule has 0 spiro atoms. The molecule has 0 aromatic carbocycles. The molecule has 0 saturated heterocycles. The number of anilines is 1. The lowest BCUT2D eigenvalue weighted by Gasteiger charge is -2.20. The minimum atomic E-state index is 0.552. The molecule has 0 aliphatic heterocycles. The first kappa shape index (κ1) is 12.5. The molecule has 0 aliphatic rings. The van der Waals surface area contributed by atoms with Crippen LogP contribution in [0.5, 0.6) is 0 Å². The van der Waals surface area contributed by atoms with E-state index in [0.717, 1.165) is 18.9 Å². The number of nitriles is 1. The summed E-state index contributed by atoms with van der Waals surface area (Å²) in [6.07, 6.45) is 1.58. The predicted molar refractivity (Wildman–Crippen MR) is 65.2 cm³/mol. The van der Waals surface area contributed by atoms with E-state index in [9.17, 15) is 0 Å². The number of hydrogen-bond acceptors (Lipinski definition) is 4. The van der Waals surface area contributed by atoms with Crippen LogP contribution in [-0.2, 0) is 0 Å². The van der Waals surface area contributed by atoms with Crippen molar-refractivity contribution < 1.29 is 0 Å². The summed E-state index contributed by atoms with van der Waals surface area (Å²) in [7, 11) is 2.10. The minimum absolute atomic E-state index is 0.552. The Morgan fingerprint density at radius 2 is 2.25 bits per heavy atom. The Kier molecular flexibility index (Phi) is 4.74. The van der Waals surface area contributed by atoms with E-state index in [1.807, 2.05) is 12.1 Å². The molecular weight excluding hydrogens is 200 g/mol. The molecule has 0 bridgehead atoms. The Morgan fingerprint density at radius 1 is 1.50 bits per heavy atom. The molecule has 4 heteroatoms. The third kappa shape index (κ3) is 3.87. The topological polar surface area (TPSA) is 52.0 Å². The van der Waals surface area contributed by atoms with E-state index in [0.29, 0.717) is 11.6 Å². The van der Waals surface area contributed by atoms with Crippen LogP contribution < -0.4 is 5.32 Å². The molecule has 86 valence electrons. The number of pyridine rings is 1. The van der Waals surface area contributed by atoms with Gasteiger partial charge in [0, 0.05) is 25.3 Å². The summed E-state index contributed by atoms with van der Waals surface area (Å²) in [5.41, 5.74) is 0.588. The van der Waals surface area contributed by atoms with Crippen molar-refractivity contribution in [3.63, 3.8) is 0 Å². The second kappa shape index (κ2) is 6.09. The van der Waals surface area contributed by atoms with Crippen molar-refractivity contribution in [2.45, 2.75) is 19.9 Å². The average Bonchev–Trinajstić information content (AvgIpc) is 2.29. The van der Waals surface area contributed by atoms with E-state index in [1.54, 1.807) is 12.3 Å². The molecule has 1 N–H and O–H groups in total. The summed E-state index contributed by atoms with van der Waals surface area (Å²) in [6, 6.07) is 6.19. The third-order valence-corrected chi connectivity index (χ3v) is 2.54. The number of hydrogen-bond donors (Lipinski definition) is 1. The Balaban J connectivity index is 2.35. The summed E-state index contributed by atoms with van der Waals surface area (Å²) in [5.74, 6) is 0.816. The van der Waals surface area contributed by atoms with E-state index in [1.165, 1.54) is 0 Å². The fourth-order valence-electron chi connectivity index (χ4n) is 1.18. The second-order valence-electron chi connectivity index (χ2n) is 4.05. The van der Waals surface area contributed by atoms with Gasteiger partial charge in [0.15, 0.2) is 0 Å². The zero-order chi connectivity index (χ0) is 12.0. The van der Waals surface area contributed by atoms with Crippen molar-refractivity contribution in [3.8, 4) is 6.07 Å². The maximum atomic E-state index is 8.62. The molecule has 0 amide bonds. The first-order valence-corrected chi connectivity index (χ1v) is 5.43. The van der Waals surface area contributed by atoms with Gasteiger partial charge in [0.05, 0.1) is 5.56 Å². The van der Waals surface area contributed by atoms with Gasteiger partial charge in [-0.25, -0.2) is 4.98 Å². The average molecular weight is 218 g/mol. The van der Waals surface area contributed by atoms with Crippen molar-refractivity contribution in [1.29, 1.82) is 5.26 Å². The van der Waals surface area contributed by atoms with E-state index >= 15 is 0 Å². The largest absolute Gasteiger partial charge is 0.369 e. The van der Waals surface area contributed by atoms with E-state index in [-0.39, 0.29) is 0 Å². The lowest BCUT2D eigenvalue weighted by Crippen LogP contribution is -2.31. The quantitative estimate of drug-likeness (QED) is 0.817. The highest BCUT2D eigenvalue weighted by atomic mass is 15.1. The van der Waals surface area contributed by atoms with Gasteiger partial charge in [0.2, 0.25) is 0 Å². The van der Waals surface area contributed by atoms with Crippen LogP contribution in [0.1, 0.15) is 19.4 Å². The van der Waals surface area contributed by atoms with Gasteiger partial charge in [0.1, 0.15) is 11.9 Å². The van der Waals surface area contributed by atoms with Crippen LogP contribution in [0.2, 0.25) is 0 Å². The molecule has 0 aliphatic carbocycles. The first-order chi connectivity index (χ1) is 7.63. The molecule has 0 saturated carbocycles. The van der Waals surface area contributed by atoms with Gasteiger partial charge in [-0.2, -0.15) is 5.26 Å². The lowest BCUT2D eigenvalue weighted by molar-refractivity contribution is 0.284. The molecule has 0 fully saturated rings. The van der Waals surface area contributed by atoms with Crippen LogP contribution in [0, 0.1) is 11.3 Å². The van der Waals surface area contributed by atoms with Crippen molar-refractivity contribution in [2.75, 3.05) is 25.5 Å². The number of nitrogens with one attached hydrogen (secondary N) is 1. The van der Waals surface area contributed by atoms with Gasteiger partial charge in [0.25, 0.3) is 0 Å². The zero-order valence-corrected chi connectivity index (χ0v) is 10.1. The van der Waals surface area contributed by atoms with Gasteiger partial charge < -0.3 is 10.2 Å². The number of likely N-dealkylation sites (N-methyl/N-ethyl adjacent to an activating group) is 1. The molecule has 0 atom stereocenters. The molecule has 1 rings (SSSR count). The maximum absolute atomic E-state index is 8.62. The Labute approximate surface area is 96.9 Å². The summed E-state index contributed by atoms with van der Waals surface area (Å²) in [4.78, 5) is 6.40. The van der Waals surface area contributed by atoms with Crippen molar-refractivity contribution in [2.24, 2.45) is 0 Å². The molecule has 4 nitrogen and oxygen atoms in total. The molecule has 16 heavy (non-hydrogen) atoms. The van der Waals surface area contributed by atoms with Gasteiger partial charge in [-0.3, -0.25) is 0 Å². The van der Waals surface area contributed by atoms with E-state index < -0.39 is 0 Å². The van der Waals surface area contributed by atoms with Crippen LogP contribution >= 0.6 is 0 Å². The van der Waals surface area contributed by atoms with E-state index in [4.69, 9.17) is 5.26 Å². The summed E-state index contributed by atoms with van der Waals surface area (Å²) < 4.78 is 0.